The zero-order valence-electron chi connectivity index (χ0n) is 16.3. The topological polar surface area (TPSA) is 71.5 Å². The van der Waals surface area contributed by atoms with Gasteiger partial charge in [-0.2, -0.15) is 13.2 Å². The lowest BCUT2D eigenvalue weighted by Crippen LogP contribution is -2.40. The van der Waals surface area contributed by atoms with E-state index in [1.807, 2.05) is 0 Å². The summed E-state index contributed by atoms with van der Waals surface area (Å²) in [5, 5.41) is 3.46. The highest BCUT2D eigenvalue weighted by Gasteiger charge is 2.45. The molecule has 0 spiro atoms. The normalized spacial score (nSPS) is 18.9. The molecule has 31 heavy (non-hydrogen) atoms. The van der Waals surface area contributed by atoms with Crippen molar-refractivity contribution in [3.63, 3.8) is 0 Å². The van der Waals surface area contributed by atoms with Crippen LogP contribution in [0.3, 0.4) is 0 Å². The van der Waals surface area contributed by atoms with Gasteiger partial charge in [-0.3, -0.25) is 9.59 Å². The van der Waals surface area contributed by atoms with Gasteiger partial charge in [0.1, 0.15) is 0 Å². The number of rotatable bonds is 6. The van der Waals surface area contributed by atoms with Gasteiger partial charge in [0.05, 0.1) is 5.41 Å². The van der Waals surface area contributed by atoms with Crippen LogP contribution in [-0.4, -0.2) is 36.1 Å². The van der Waals surface area contributed by atoms with Crippen molar-refractivity contribution in [2.45, 2.75) is 26.1 Å². The van der Waals surface area contributed by atoms with Crippen molar-refractivity contribution in [1.29, 1.82) is 0 Å². The van der Waals surface area contributed by atoms with Crippen LogP contribution in [0.5, 0.6) is 5.88 Å². The minimum absolute atomic E-state index is 0.0146. The van der Waals surface area contributed by atoms with E-state index in [9.17, 15) is 22.8 Å². The minimum atomic E-state index is -4.48. The molecule has 2 heterocycles. The van der Waals surface area contributed by atoms with Crippen molar-refractivity contribution in [2.24, 2.45) is 5.41 Å². The Balaban J connectivity index is 1.63. The zero-order chi connectivity index (χ0) is 22.8. The van der Waals surface area contributed by atoms with Crippen LogP contribution < -0.4 is 15.0 Å². The number of carbonyl (C=O) groups excluding carboxylic acids is 2. The molecule has 1 aliphatic rings. The van der Waals surface area contributed by atoms with Gasteiger partial charge in [0.25, 0.3) is 0 Å². The summed E-state index contributed by atoms with van der Waals surface area (Å²) in [6.45, 7) is 0.372. The molecule has 0 radical (unpaired) electrons. The van der Waals surface area contributed by atoms with Crippen LogP contribution >= 0.6 is 23.2 Å². The average Bonchev–Trinajstić information content (AvgIpc) is 2.99. The number of pyridine rings is 1. The van der Waals surface area contributed by atoms with Gasteiger partial charge in [0.15, 0.2) is 6.61 Å². The first kappa shape index (κ1) is 23.1. The number of ether oxygens (including phenoxy) is 1. The second kappa shape index (κ2) is 8.92. The Hall–Kier alpha value is -2.52. The van der Waals surface area contributed by atoms with E-state index in [0.717, 1.165) is 0 Å². The molecule has 0 aliphatic carbocycles. The molecule has 1 aromatic heterocycles. The van der Waals surface area contributed by atoms with Crippen LogP contribution in [0.4, 0.5) is 18.9 Å². The third-order valence-corrected chi connectivity index (χ3v) is 5.13. The third-order valence-electron chi connectivity index (χ3n) is 4.69. The van der Waals surface area contributed by atoms with Gasteiger partial charge in [-0.05, 0) is 36.8 Å². The van der Waals surface area contributed by atoms with E-state index in [0.29, 0.717) is 21.3 Å². The average molecular weight is 476 g/mol. The first-order valence-electron chi connectivity index (χ1n) is 9.14. The smallest absolute Gasteiger partial charge is 0.422 e. The van der Waals surface area contributed by atoms with E-state index in [4.69, 9.17) is 23.2 Å². The molecule has 1 unspecified atom stereocenters. The predicted molar refractivity (Wildman–Crippen MR) is 109 cm³/mol. The van der Waals surface area contributed by atoms with Crippen molar-refractivity contribution in [3.05, 3.63) is 52.1 Å². The molecular formula is C20H18Cl2F3N3O3. The monoisotopic (exact) mass is 475 g/mol. The lowest BCUT2D eigenvalue weighted by atomic mass is 9.88. The fraction of sp³-hybridized carbons (Fsp3) is 0.350. The van der Waals surface area contributed by atoms with Gasteiger partial charge in [0.2, 0.25) is 17.7 Å². The molecule has 0 bridgehead atoms. The van der Waals surface area contributed by atoms with E-state index < -0.39 is 18.2 Å². The molecule has 11 heteroatoms. The fourth-order valence-electron chi connectivity index (χ4n) is 3.20. The maximum atomic E-state index is 12.8. The van der Waals surface area contributed by atoms with Gasteiger partial charge in [-0.25, -0.2) is 4.98 Å². The SMILES string of the molecule is CC1(C(=O)NCc2ccnc(OCC(F)(F)F)c2)CC(=O)N(c2cc(Cl)cc(Cl)c2)C1. The lowest BCUT2D eigenvalue weighted by molar-refractivity contribution is -0.154. The van der Waals surface area contributed by atoms with Crippen LogP contribution in [0.1, 0.15) is 18.9 Å². The predicted octanol–water partition coefficient (Wildman–Crippen LogP) is 4.39. The Morgan fingerprint density at radius 3 is 2.58 bits per heavy atom. The van der Waals surface area contributed by atoms with E-state index in [2.05, 4.69) is 15.0 Å². The highest BCUT2D eigenvalue weighted by molar-refractivity contribution is 6.35. The Labute approximate surface area is 186 Å². The molecule has 3 rings (SSSR count). The molecule has 1 fully saturated rings. The third kappa shape index (κ3) is 6.01. The molecule has 2 aromatic rings. The van der Waals surface area contributed by atoms with Crippen molar-refractivity contribution in [3.8, 4) is 5.88 Å². The number of carbonyl (C=O) groups is 2. The Morgan fingerprint density at radius 2 is 1.94 bits per heavy atom. The first-order valence-corrected chi connectivity index (χ1v) is 9.90. The number of hydrogen-bond donors (Lipinski definition) is 1. The first-order chi connectivity index (χ1) is 14.4. The summed E-state index contributed by atoms with van der Waals surface area (Å²) >= 11 is 12.0. The number of halogens is 5. The Kier molecular flexibility index (Phi) is 6.66. The fourth-order valence-corrected chi connectivity index (χ4v) is 3.71. The van der Waals surface area contributed by atoms with Crippen molar-refractivity contribution in [2.75, 3.05) is 18.1 Å². The summed E-state index contributed by atoms with van der Waals surface area (Å²) in [4.78, 5) is 30.5. The van der Waals surface area contributed by atoms with Crippen molar-refractivity contribution >= 4 is 40.7 Å². The largest absolute Gasteiger partial charge is 0.468 e. The quantitative estimate of drug-likeness (QED) is 0.672. The number of amides is 2. The Morgan fingerprint density at radius 1 is 1.26 bits per heavy atom. The van der Waals surface area contributed by atoms with E-state index in [1.165, 1.54) is 17.2 Å². The number of nitrogens with one attached hydrogen (secondary N) is 1. The van der Waals surface area contributed by atoms with Gasteiger partial charge >= 0.3 is 6.18 Å². The lowest BCUT2D eigenvalue weighted by Gasteiger charge is -2.23. The molecular weight excluding hydrogens is 458 g/mol. The zero-order valence-corrected chi connectivity index (χ0v) is 17.8. The maximum absolute atomic E-state index is 12.8. The van der Waals surface area contributed by atoms with Gasteiger partial charge in [-0.1, -0.05) is 23.2 Å². The number of hydrogen-bond acceptors (Lipinski definition) is 4. The summed E-state index contributed by atoms with van der Waals surface area (Å²) in [6.07, 6.45) is -3.20. The number of benzene rings is 1. The molecule has 2 amide bonds. The number of aromatic nitrogens is 1. The summed E-state index contributed by atoms with van der Waals surface area (Å²) in [6, 6.07) is 7.58. The molecule has 6 nitrogen and oxygen atoms in total. The molecule has 1 aliphatic heterocycles. The van der Waals surface area contributed by atoms with E-state index >= 15 is 0 Å². The van der Waals surface area contributed by atoms with Crippen LogP contribution in [0.15, 0.2) is 36.5 Å². The van der Waals surface area contributed by atoms with Crippen LogP contribution in [0.25, 0.3) is 0 Å². The second-order valence-corrected chi connectivity index (χ2v) is 8.31. The van der Waals surface area contributed by atoms with Crippen LogP contribution in [0, 0.1) is 5.41 Å². The standard InChI is InChI=1S/C20H18Cl2F3N3O3/c1-19(8-17(29)28(10-19)15-6-13(21)5-14(22)7-15)18(30)27-9-12-2-3-26-16(4-12)31-11-20(23,24)25/h2-7H,8-11H2,1H3,(H,27,30). The highest BCUT2D eigenvalue weighted by atomic mass is 35.5. The molecule has 1 N–H and O–H groups in total. The molecule has 1 aromatic carbocycles. The molecule has 1 atom stereocenters. The summed E-state index contributed by atoms with van der Waals surface area (Å²) in [7, 11) is 0. The van der Waals surface area contributed by atoms with E-state index in [-0.39, 0.29) is 37.2 Å². The minimum Gasteiger partial charge on any atom is -0.468 e. The summed E-state index contributed by atoms with van der Waals surface area (Å²) < 4.78 is 41.5. The van der Waals surface area contributed by atoms with Crippen molar-refractivity contribution < 1.29 is 27.5 Å². The van der Waals surface area contributed by atoms with E-state index in [1.54, 1.807) is 31.2 Å². The maximum Gasteiger partial charge on any atom is 0.422 e. The van der Waals surface area contributed by atoms with Gasteiger partial charge in [0, 0.05) is 47.5 Å². The number of nitrogens with zero attached hydrogens (tertiary/aromatic N) is 2. The number of alkyl halides is 3. The number of anilines is 1. The van der Waals surface area contributed by atoms with Crippen LogP contribution in [0.2, 0.25) is 10.0 Å². The van der Waals surface area contributed by atoms with Gasteiger partial charge < -0.3 is 15.0 Å². The second-order valence-electron chi connectivity index (χ2n) is 7.43. The summed E-state index contributed by atoms with van der Waals surface area (Å²) in [5.41, 5.74) is 0.000622. The summed E-state index contributed by atoms with van der Waals surface area (Å²) in [5.74, 6) is -0.816. The van der Waals surface area contributed by atoms with Crippen LogP contribution in [-0.2, 0) is 16.1 Å². The Bertz CT molecular complexity index is 983. The molecule has 166 valence electrons. The highest BCUT2D eigenvalue weighted by Crippen LogP contribution is 2.36. The van der Waals surface area contributed by atoms with Gasteiger partial charge in [-0.15, -0.1) is 0 Å². The molecule has 0 saturated carbocycles. The molecule has 1 saturated heterocycles. The van der Waals surface area contributed by atoms with Crippen molar-refractivity contribution in [1.82, 2.24) is 10.3 Å².